The van der Waals surface area contributed by atoms with E-state index in [-0.39, 0.29) is 5.75 Å². The summed E-state index contributed by atoms with van der Waals surface area (Å²) in [5.74, 6) is -1.40. The molecule has 0 atom stereocenters. The topological polar surface area (TPSA) is 65.9 Å². The Balaban J connectivity index is 2.15. The Morgan fingerprint density at radius 1 is 1.14 bits per heavy atom. The molecule has 0 radical (unpaired) electrons. The summed E-state index contributed by atoms with van der Waals surface area (Å²) in [7, 11) is 0. The van der Waals surface area contributed by atoms with Crippen molar-refractivity contribution in [1.29, 1.82) is 0 Å². The summed E-state index contributed by atoms with van der Waals surface area (Å²) < 4.78 is 13.4. The molecule has 3 rings (SSSR count). The Morgan fingerprint density at radius 3 is 2.64 bits per heavy atom. The van der Waals surface area contributed by atoms with Crippen molar-refractivity contribution < 1.29 is 14.3 Å². The van der Waals surface area contributed by atoms with Crippen molar-refractivity contribution in [2.24, 2.45) is 0 Å². The van der Waals surface area contributed by atoms with Crippen LogP contribution in [0.1, 0.15) is 0 Å². The molecule has 6 heteroatoms. The van der Waals surface area contributed by atoms with Crippen LogP contribution in [-0.2, 0) is 4.79 Å². The minimum atomic E-state index is -1.20. The number of hydrogen-bond acceptors (Lipinski definition) is 5. The highest BCUT2D eigenvalue weighted by Gasteiger charge is 2.11. The smallest absolute Gasteiger partial charge is 0.161 e. The summed E-state index contributed by atoms with van der Waals surface area (Å²) in [6.07, 6.45) is 0. The van der Waals surface area contributed by atoms with Crippen LogP contribution in [0.25, 0.3) is 22.3 Å². The van der Waals surface area contributed by atoms with Gasteiger partial charge >= 0.3 is 0 Å². The maximum atomic E-state index is 13.4. The molecule has 1 heterocycles. The molecule has 4 nitrogen and oxygen atoms in total. The number of rotatable bonds is 4. The summed E-state index contributed by atoms with van der Waals surface area (Å²) >= 11 is 0.996. The van der Waals surface area contributed by atoms with Crippen LogP contribution in [0.15, 0.2) is 53.6 Å². The number of carboxylic acids is 1. The van der Waals surface area contributed by atoms with Crippen LogP contribution in [0.5, 0.6) is 0 Å². The molecule has 0 aliphatic carbocycles. The Bertz CT molecular complexity index is 840. The van der Waals surface area contributed by atoms with E-state index in [2.05, 4.69) is 9.97 Å². The molecular formula is C16H10FN2O2S-. The van der Waals surface area contributed by atoms with Crippen LogP contribution in [-0.4, -0.2) is 21.7 Å². The summed E-state index contributed by atoms with van der Waals surface area (Å²) in [6.45, 7) is 0. The van der Waals surface area contributed by atoms with E-state index in [1.54, 1.807) is 6.07 Å². The van der Waals surface area contributed by atoms with Crippen molar-refractivity contribution in [3.8, 4) is 11.4 Å². The fourth-order valence-corrected chi connectivity index (χ4v) is 2.75. The first-order valence-electron chi connectivity index (χ1n) is 6.49. The quantitative estimate of drug-likeness (QED) is 0.546. The standard InChI is InChI=1S/C16H11FN2O2S/c17-11-6-7-13-12(8-11)16(22-9-14(20)21)19-15(18-13)10-4-2-1-3-5-10/h1-8H,9H2,(H,20,21)/p-1. The van der Waals surface area contributed by atoms with Gasteiger partial charge in [0.15, 0.2) is 5.82 Å². The maximum Gasteiger partial charge on any atom is 0.161 e. The van der Waals surface area contributed by atoms with Gasteiger partial charge < -0.3 is 9.90 Å². The number of halogens is 1. The monoisotopic (exact) mass is 313 g/mol. The second-order valence-electron chi connectivity index (χ2n) is 4.54. The van der Waals surface area contributed by atoms with E-state index in [0.717, 1.165) is 17.3 Å². The molecule has 0 saturated carbocycles. The molecule has 2 aromatic carbocycles. The number of nitrogens with zero attached hydrogens (tertiary/aromatic N) is 2. The lowest BCUT2D eigenvalue weighted by atomic mass is 10.2. The van der Waals surface area contributed by atoms with E-state index in [1.807, 2.05) is 30.3 Å². The second-order valence-corrected chi connectivity index (χ2v) is 5.50. The van der Waals surface area contributed by atoms with Gasteiger partial charge in [0.25, 0.3) is 0 Å². The molecule has 0 bridgehead atoms. The highest BCUT2D eigenvalue weighted by Crippen LogP contribution is 2.28. The van der Waals surface area contributed by atoms with Crippen LogP contribution in [0.4, 0.5) is 4.39 Å². The number of fused-ring (bicyclic) bond motifs is 1. The van der Waals surface area contributed by atoms with Gasteiger partial charge in [-0.15, -0.1) is 0 Å². The average molecular weight is 313 g/mol. The van der Waals surface area contributed by atoms with Gasteiger partial charge in [-0.1, -0.05) is 42.1 Å². The molecule has 0 aliphatic rings. The van der Waals surface area contributed by atoms with Crippen molar-refractivity contribution in [2.45, 2.75) is 5.03 Å². The lowest BCUT2D eigenvalue weighted by Crippen LogP contribution is -2.24. The number of carbonyl (C=O) groups excluding carboxylic acids is 1. The summed E-state index contributed by atoms with van der Waals surface area (Å²) in [5.41, 5.74) is 1.38. The minimum absolute atomic E-state index is 0.253. The molecule has 1 aromatic heterocycles. The van der Waals surface area contributed by atoms with Crippen LogP contribution < -0.4 is 5.11 Å². The van der Waals surface area contributed by atoms with E-state index in [4.69, 9.17) is 0 Å². The van der Waals surface area contributed by atoms with Gasteiger partial charge in [0.05, 0.1) is 11.5 Å². The third kappa shape index (κ3) is 3.07. The maximum absolute atomic E-state index is 13.4. The predicted molar refractivity (Wildman–Crippen MR) is 80.7 cm³/mol. The molecule has 0 amide bonds. The number of aliphatic carboxylic acids is 1. The molecule has 0 fully saturated rings. The Morgan fingerprint density at radius 2 is 1.91 bits per heavy atom. The van der Waals surface area contributed by atoms with Gasteiger partial charge in [-0.25, -0.2) is 14.4 Å². The van der Waals surface area contributed by atoms with Crippen LogP contribution >= 0.6 is 11.8 Å². The molecule has 110 valence electrons. The van der Waals surface area contributed by atoms with Crippen molar-refractivity contribution >= 4 is 28.6 Å². The van der Waals surface area contributed by atoms with Crippen LogP contribution in [0.3, 0.4) is 0 Å². The number of hydrogen-bond donors (Lipinski definition) is 0. The van der Waals surface area contributed by atoms with Gasteiger partial charge in [-0.3, -0.25) is 0 Å². The van der Waals surface area contributed by atoms with E-state index in [9.17, 15) is 14.3 Å². The van der Waals surface area contributed by atoms with Gasteiger partial charge in [0.1, 0.15) is 10.8 Å². The summed E-state index contributed by atoms with van der Waals surface area (Å²) in [5, 5.41) is 11.6. The normalized spacial score (nSPS) is 10.8. The number of thioether (sulfide) groups is 1. The lowest BCUT2D eigenvalue weighted by Gasteiger charge is -2.09. The fraction of sp³-hybridized carbons (Fsp3) is 0.0625. The summed E-state index contributed by atoms with van der Waals surface area (Å²) in [4.78, 5) is 19.5. The number of carbonyl (C=O) groups is 1. The van der Waals surface area contributed by atoms with Crippen molar-refractivity contribution in [3.05, 3.63) is 54.3 Å². The SMILES string of the molecule is O=C([O-])CSc1nc(-c2ccccc2)nc2ccc(F)cc12. The van der Waals surface area contributed by atoms with Gasteiger partial charge in [-0.05, 0) is 18.2 Å². The first-order valence-corrected chi connectivity index (χ1v) is 7.47. The van der Waals surface area contributed by atoms with E-state index < -0.39 is 11.8 Å². The van der Waals surface area contributed by atoms with E-state index in [1.165, 1.54) is 12.1 Å². The third-order valence-electron chi connectivity index (χ3n) is 2.98. The number of carboxylic acid groups (broad SMARTS) is 1. The zero-order valence-electron chi connectivity index (χ0n) is 11.3. The van der Waals surface area contributed by atoms with Gasteiger partial charge in [0.2, 0.25) is 0 Å². The zero-order valence-corrected chi connectivity index (χ0v) is 12.1. The first kappa shape index (κ1) is 14.5. The van der Waals surface area contributed by atoms with Crippen molar-refractivity contribution in [1.82, 2.24) is 9.97 Å². The third-order valence-corrected chi connectivity index (χ3v) is 3.95. The second kappa shape index (κ2) is 6.11. The van der Waals surface area contributed by atoms with Gasteiger partial charge in [0, 0.05) is 16.7 Å². The molecule has 3 aromatic rings. The first-order chi connectivity index (χ1) is 10.6. The largest absolute Gasteiger partial charge is 0.549 e. The Hall–Kier alpha value is -2.47. The molecule has 0 aliphatic heterocycles. The molecular weight excluding hydrogens is 303 g/mol. The van der Waals surface area contributed by atoms with Gasteiger partial charge in [-0.2, -0.15) is 0 Å². The van der Waals surface area contributed by atoms with Crippen LogP contribution in [0, 0.1) is 5.82 Å². The van der Waals surface area contributed by atoms with Crippen LogP contribution in [0.2, 0.25) is 0 Å². The molecule has 0 N–H and O–H groups in total. The number of aromatic nitrogens is 2. The van der Waals surface area contributed by atoms with E-state index in [0.29, 0.717) is 21.8 Å². The lowest BCUT2D eigenvalue weighted by molar-refractivity contribution is -0.301. The fourth-order valence-electron chi connectivity index (χ4n) is 2.03. The molecule has 0 spiro atoms. The Labute approximate surface area is 130 Å². The molecule has 22 heavy (non-hydrogen) atoms. The predicted octanol–water partition coefficient (Wildman–Crippen LogP) is 2.28. The number of benzene rings is 2. The minimum Gasteiger partial charge on any atom is -0.549 e. The van der Waals surface area contributed by atoms with Crippen molar-refractivity contribution in [2.75, 3.05) is 5.75 Å². The molecule has 0 saturated heterocycles. The average Bonchev–Trinajstić information content (AvgIpc) is 2.53. The Kier molecular flexibility index (Phi) is 4.02. The highest BCUT2D eigenvalue weighted by atomic mass is 32.2. The highest BCUT2D eigenvalue weighted by molar-refractivity contribution is 8.00. The summed E-state index contributed by atoms with van der Waals surface area (Å²) in [6, 6.07) is 13.5. The zero-order chi connectivity index (χ0) is 15.5. The molecule has 0 unspecified atom stereocenters. The van der Waals surface area contributed by atoms with Crippen molar-refractivity contribution in [3.63, 3.8) is 0 Å². The van der Waals surface area contributed by atoms with E-state index >= 15 is 0 Å².